The summed E-state index contributed by atoms with van der Waals surface area (Å²) in [5.74, 6) is -0.657. The molecule has 0 aliphatic heterocycles. The van der Waals surface area contributed by atoms with Gasteiger partial charge >= 0.3 is 5.97 Å². The van der Waals surface area contributed by atoms with Gasteiger partial charge in [-0.25, -0.2) is 4.79 Å². The summed E-state index contributed by atoms with van der Waals surface area (Å²) in [6.45, 7) is 4.72. The van der Waals surface area contributed by atoms with E-state index in [1.807, 2.05) is 0 Å². The normalized spacial score (nSPS) is 14.8. The quantitative estimate of drug-likeness (QED) is 0.593. The largest absolute Gasteiger partial charge is 0.465 e. The van der Waals surface area contributed by atoms with E-state index < -0.39 is 11.4 Å². The van der Waals surface area contributed by atoms with Crippen LogP contribution in [0.15, 0.2) is 24.3 Å². The number of esters is 1. The third-order valence-corrected chi connectivity index (χ3v) is 4.21. The summed E-state index contributed by atoms with van der Waals surface area (Å²) >= 11 is 0. The van der Waals surface area contributed by atoms with Gasteiger partial charge in [-0.05, 0) is 37.3 Å². The van der Waals surface area contributed by atoms with Gasteiger partial charge in [-0.15, -0.1) is 0 Å². The van der Waals surface area contributed by atoms with E-state index in [4.69, 9.17) is 4.74 Å². The number of carbonyl (C=O) groups excluding carboxylic acids is 3. The maximum Gasteiger partial charge on any atom is 0.339 e. The zero-order valence-electron chi connectivity index (χ0n) is 14.3. The van der Waals surface area contributed by atoms with Gasteiger partial charge in [0, 0.05) is 6.54 Å². The second-order valence-corrected chi connectivity index (χ2v) is 6.51. The lowest BCUT2D eigenvalue weighted by molar-refractivity contribution is -0.134. The zero-order chi connectivity index (χ0) is 17.7. The molecule has 130 valence electrons. The van der Waals surface area contributed by atoms with Crippen molar-refractivity contribution >= 4 is 23.5 Å². The first-order chi connectivity index (χ1) is 11.4. The molecule has 0 radical (unpaired) electrons. The monoisotopic (exact) mass is 332 g/mol. The van der Waals surface area contributed by atoms with Gasteiger partial charge in [0.2, 0.25) is 11.8 Å². The fourth-order valence-electron chi connectivity index (χ4n) is 2.45. The summed E-state index contributed by atoms with van der Waals surface area (Å²) in [4.78, 5) is 36.7. The summed E-state index contributed by atoms with van der Waals surface area (Å²) in [6, 6.07) is 6.60. The number of rotatable bonds is 7. The summed E-state index contributed by atoms with van der Waals surface area (Å²) in [5, 5.41) is 5.55. The summed E-state index contributed by atoms with van der Waals surface area (Å²) in [5.41, 5.74) is -0.389. The lowest BCUT2D eigenvalue weighted by Gasteiger charge is -2.17. The molecule has 6 nitrogen and oxygen atoms in total. The summed E-state index contributed by atoms with van der Waals surface area (Å²) in [7, 11) is 1.28. The number of amides is 2. The second-order valence-electron chi connectivity index (χ2n) is 6.51. The van der Waals surface area contributed by atoms with Crippen LogP contribution in [0.4, 0.5) is 5.69 Å². The summed E-state index contributed by atoms with van der Waals surface area (Å²) in [6.07, 6.45) is 1.91. The van der Waals surface area contributed by atoms with E-state index in [9.17, 15) is 14.4 Å². The van der Waals surface area contributed by atoms with E-state index in [0.29, 0.717) is 31.0 Å². The van der Waals surface area contributed by atoms with Crippen molar-refractivity contribution in [3.05, 3.63) is 29.8 Å². The van der Waals surface area contributed by atoms with E-state index in [1.165, 1.54) is 7.11 Å². The molecule has 0 saturated heterocycles. The molecule has 1 saturated carbocycles. The molecule has 0 unspecified atom stereocenters. The zero-order valence-corrected chi connectivity index (χ0v) is 14.3. The number of anilines is 1. The lowest BCUT2D eigenvalue weighted by atomic mass is 10.0. The highest BCUT2D eigenvalue weighted by Crippen LogP contribution is 2.47. The second kappa shape index (κ2) is 7.47. The molecule has 0 atom stereocenters. The van der Waals surface area contributed by atoms with Crippen LogP contribution >= 0.6 is 0 Å². The molecule has 0 spiro atoms. The van der Waals surface area contributed by atoms with Crippen molar-refractivity contribution in [2.24, 2.45) is 11.3 Å². The topological polar surface area (TPSA) is 84.5 Å². The van der Waals surface area contributed by atoms with E-state index in [0.717, 1.165) is 6.42 Å². The Labute approximate surface area is 142 Å². The Morgan fingerprint density at radius 1 is 1.17 bits per heavy atom. The maximum absolute atomic E-state index is 12.6. The van der Waals surface area contributed by atoms with E-state index in [2.05, 4.69) is 24.5 Å². The Hall–Kier alpha value is -2.37. The van der Waals surface area contributed by atoms with Crippen molar-refractivity contribution in [2.75, 3.05) is 19.0 Å². The number of methoxy groups -OCH3 is 1. The van der Waals surface area contributed by atoms with Gasteiger partial charge < -0.3 is 15.4 Å². The van der Waals surface area contributed by atoms with Crippen molar-refractivity contribution in [3.8, 4) is 0 Å². The molecule has 1 aromatic rings. The lowest BCUT2D eigenvalue weighted by Crippen LogP contribution is -2.40. The van der Waals surface area contributed by atoms with Crippen LogP contribution in [0.2, 0.25) is 0 Å². The third-order valence-electron chi connectivity index (χ3n) is 4.21. The Balaban J connectivity index is 2.04. The highest BCUT2D eigenvalue weighted by molar-refractivity contribution is 6.14. The maximum atomic E-state index is 12.6. The van der Waals surface area contributed by atoms with E-state index in [-0.39, 0.29) is 17.4 Å². The third kappa shape index (κ3) is 3.93. The molecular weight excluding hydrogens is 308 g/mol. The van der Waals surface area contributed by atoms with Gasteiger partial charge in [-0.3, -0.25) is 9.59 Å². The van der Waals surface area contributed by atoms with E-state index >= 15 is 0 Å². The SMILES string of the molecule is COC(=O)c1ccccc1NC(=O)C1(C(=O)NCCC(C)C)CC1. The molecule has 0 bridgehead atoms. The molecule has 1 aliphatic carbocycles. The van der Waals surface area contributed by atoms with Crippen LogP contribution in [0.1, 0.15) is 43.5 Å². The number of hydrogen-bond donors (Lipinski definition) is 2. The van der Waals surface area contributed by atoms with Gasteiger partial charge in [-0.2, -0.15) is 0 Å². The Kier molecular flexibility index (Phi) is 5.59. The van der Waals surface area contributed by atoms with Crippen LogP contribution < -0.4 is 10.6 Å². The average Bonchev–Trinajstić information content (AvgIpc) is 3.36. The van der Waals surface area contributed by atoms with Gasteiger partial charge in [0.15, 0.2) is 0 Å². The molecule has 2 amide bonds. The number of benzene rings is 1. The molecule has 6 heteroatoms. The first kappa shape index (κ1) is 18.0. The fraction of sp³-hybridized carbons (Fsp3) is 0.500. The van der Waals surface area contributed by atoms with Crippen molar-refractivity contribution < 1.29 is 19.1 Å². The van der Waals surface area contributed by atoms with Crippen molar-refractivity contribution in [2.45, 2.75) is 33.1 Å². The summed E-state index contributed by atoms with van der Waals surface area (Å²) < 4.78 is 4.71. The van der Waals surface area contributed by atoms with Gasteiger partial charge in [0.05, 0.1) is 18.4 Å². The molecule has 0 heterocycles. The number of para-hydroxylation sites is 1. The van der Waals surface area contributed by atoms with Crippen LogP contribution in [0.25, 0.3) is 0 Å². The van der Waals surface area contributed by atoms with Gasteiger partial charge in [0.1, 0.15) is 5.41 Å². The fourth-order valence-corrected chi connectivity index (χ4v) is 2.45. The minimum Gasteiger partial charge on any atom is -0.465 e. The van der Waals surface area contributed by atoms with Crippen molar-refractivity contribution in [1.29, 1.82) is 0 Å². The molecular formula is C18H24N2O4. The smallest absolute Gasteiger partial charge is 0.339 e. The van der Waals surface area contributed by atoms with Crippen molar-refractivity contribution in [3.63, 3.8) is 0 Å². The van der Waals surface area contributed by atoms with Gasteiger partial charge in [-0.1, -0.05) is 26.0 Å². The first-order valence-corrected chi connectivity index (χ1v) is 8.18. The highest BCUT2D eigenvalue weighted by Gasteiger charge is 2.56. The van der Waals surface area contributed by atoms with Gasteiger partial charge in [0.25, 0.3) is 0 Å². The minimum absolute atomic E-state index is 0.240. The number of carbonyl (C=O) groups is 3. The predicted octanol–water partition coefficient (Wildman–Crippen LogP) is 2.35. The molecule has 24 heavy (non-hydrogen) atoms. The Morgan fingerprint density at radius 2 is 1.83 bits per heavy atom. The van der Waals surface area contributed by atoms with Crippen molar-refractivity contribution in [1.82, 2.24) is 5.32 Å². The highest BCUT2D eigenvalue weighted by atomic mass is 16.5. The van der Waals surface area contributed by atoms with Crippen LogP contribution in [0.5, 0.6) is 0 Å². The van der Waals surface area contributed by atoms with E-state index in [1.54, 1.807) is 24.3 Å². The Morgan fingerprint density at radius 3 is 2.42 bits per heavy atom. The average molecular weight is 332 g/mol. The predicted molar refractivity (Wildman–Crippen MR) is 90.5 cm³/mol. The molecule has 0 aromatic heterocycles. The number of hydrogen-bond acceptors (Lipinski definition) is 4. The molecule has 1 fully saturated rings. The first-order valence-electron chi connectivity index (χ1n) is 8.18. The number of nitrogens with one attached hydrogen (secondary N) is 2. The number of ether oxygens (including phenoxy) is 1. The Bertz CT molecular complexity index is 636. The van der Waals surface area contributed by atoms with Crippen LogP contribution in [-0.2, 0) is 14.3 Å². The molecule has 2 N–H and O–H groups in total. The van der Waals surface area contributed by atoms with Crippen LogP contribution in [0.3, 0.4) is 0 Å². The minimum atomic E-state index is -1.01. The molecule has 2 rings (SSSR count). The standard InChI is InChI=1S/C18H24N2O4/c1-12(2)8-11-19-16(22)18(9-10-18)17(23)20-14-7-5-4-6-13(14)15(21)24-3/h4-7,12H,8-11H2,1-3H3,(H,19,22)(H,20,23). The van der Waals surface area contributed by atoms with Crippen LogP contribution in [0, 0.1) is 11.3 Å². The molecule has 1 aliphatic rings. The molecule has 1 aromatic carbocycles. The van der Waals surface area contributed by atoms with Crippen LogP contribution in [-0.4, -0.2) is 31.4 Å².